The Morgan fingerprint density at radius 2 is 1.60 bits per heavy atom. The van der Waals surface area contributed by atoms with Gasteiger partial charge < -0.3 is 34.1 Å². The Morgan fingerprint density at radius 1 is 0.873 bits per heavy atom. The summed E-state index contributed by atoms with van der Waals surface area (Å²) >= 11 is 0. The van der Waals surface area contributed by atoms with E-state index in [4.69, 9.17) is 9.47 Å². The van der Waals surface area contributed by atoms with Crippen LogP contribution in [0.3, 0.4) is 0 Å². The summed E-state index contributed by atoms with van der Waals surface area (Å²) in [6.45, 7) is 4.70. The molecule has 336 valence electrons. The van der Waals surface area contributed by atoms with Crippen LogP contribution in [0.2, 0.25) is 0 Å². The van der Waals surface area contributed by atoms with E-state index in [1.165, 1.54) is 4.90 Å². The van der Waals surface area contributed by atoms with E-state index in [-0.39, 0.29) is 69.0 Å². The number of imide groups is 1. The number of urea groups is 1. The number of piperidine rings is 3. The number of amides is 5. The third kappa shape index (κ3) is 7.70. The van der Waals surface area contributed by atoms with Gasteiger partial charge in [0.2, 0.25) is 11.8 Å². The largest absolute Gasteiger partial charge is 0.496 e. The summed E-state index contributed by atoms with van der Waals surface area (Å²) in [6.07, 6.45) is 5.05. The summed E-state index contributed by atoms with van der Waals surface area (Å²) in [4.78, 5) is 72.3. The van der Waals surface area contributed by atoms with Gasteiger partial charge in [-0.15, -0.1) is 0 Å². The maximum atomic E-state index is 16.1. The van der Waals surface area contributed by atoms with E-state index in [1.54, 1.807) is 43.8 Å². The van der Waals surface area contributed by atoms with Gasteiger partial charge in [0.15, 0.2) is 0 Å². The SMILES string of the molecule is CNC(=O)N1CCc2c(-c3cc(OC)c(CN4CCC(CN5CCC6(CN(c7ccc8c(c7)CN(C7CCC(=O)NC7=O)C8=O)C6)C(F)(F)C5)CC4)c(OC)c3)cn(C)c(=O)c2C1. The smallest absolute Gasteiger partial charge is 0.317 e. The monoisotopic (exact) mass is 870 g/mol. The second-order valence-electron chi connectivity index (χ2n) is 18.3. The molecule has 1 aromatic heterocycles. The van der Waals surface area contributed by atoms with Crippen LogP contribution in [0.15, 0.2) is 41.3 Å². The molecule has 0 radical (unpaired) electrons. The zero-order chi connectivity index (χ0) is 44.4. The lowest BCUT2D eigenvalue weighted by molar-refractivity contribution is -0.181. The average molecular weight is 871 g/mol. The van der Waals surface area contributed by atoms with Gasteiger partial charge in [0.05, 0.1) is 38.3 Å². The lowest BCUT2D eigenvalue weighted by atomic mass is 9.68. The zero-order valence-corrected chi connectivity index (χ0v) is 36.4. The van der Waals surface area contributed by atoms with E-state index in [9.17, 15) is 24.0 Å². The van der Waals surface area contributed by atoms with Crippen molar-refractivity contribution >= 4 is 29.4 Å². The first-order chi connectivity index (χ1) is 30.2. The number of benzene rings is 2. The van der Waals surface area contributed by atoms with Gasteiger partial charge in [0.1, 0.15) is 17.5 Å². The van der Waals surface area contributed by atoms with E-state index in [2.05, 4.69) is 15.5 Å². The molecule has 2 aromatic carbocycles. The molecule has 1 unspecified atom stereocenters. The van der Waals surface area contributed by atoms with Gasteiger partial charge in [-0.2, -0.15) is 0 Å². The van der Waals surface area contributed by atoms with Crippen LogP contribution in [0, 0.1) is 11.3 Å². The van der Waals surface area contributed by atoms with Crippen molar-refractivity contribution in [1.82, 2.24) is 34.8 Å². The molecule has 0 aliphatic carbocycles. The number of fused-ring (bicyclic) bond motifs is 2. The normalized spacial score (nSPS) is 22.4. The van der Waals surface area contributed by atoms with E-state index in [0.29, 0.717) is 67.6 Å². The van der Waals surface area contributed by atoms with Crippen LogP contribution in [0.25, 0.3) is 11.1 Å². The van der Waals surface area contributed by atoms with E-state index >= 15 is 8.78 Å². The van der Waals surface area contributed by atoms with Crippen molar-refractivity contribution < 1.29 is 37.4 Å². The predicted molar refractivity (Wildman–Crippen MR) is 230 cm³/mol. The van der Waals surface area contributed by atoms with Crippen LogP contribution in [0.4, 0.5) is 19.3 Å². The molecule has 63 heavy (non-hydrogen) atoms. The zero-order valence-electron chi connectivity index (χ0n) is 36.4. The minimum Gasteiger partial charge on any atom is -0.496 e. The standard InChI is InChI=1S/C46H56F2N8O7/c1-49-44(61)54-15-11-33-34(22-51(2)42(59)35(33)24-54)29-18-38(62-3)36(39(19-29)63-4)23-52-13-9-28(10-14-52)20-53-16-12-45(46(47,48)27-53)25-55(26-45)31-5-6-32-30(17-31)21-56(43(32)60)37-7-8-40(57)50-41(37)58/h5-6,17-19,22,28,37H,7-16,20-21,23-27H2,1-4H3,(H,49,61)(H,50,57,58). The summed E-state index contributed by atoms with van der Waals surface area (Å²) in [5, 5.41) is 4.98. The van der Waals surface area contributed by atoms with Crippen molar-refractivity contribution in [2.24, 2.45) is 18.4 Å². The molecule has 4 saturated heterocycles. The third-order valence-corrected chi connectivity index (χ3v) is 14.6. The Labute approximate surface area is 365 Å². The first-order valence-electron chi connectivity index (χ1n) is 22.0. The molecule has 2 N–H and O–H groups in total. The number of ether oxygens (including phenoxy) is 2. The van der Waals surface area contributed by atoms with Crippen LogP contribution in [0.5, 0.6) is 11.5 Å². The second-order valence-corrected chi connectivity index (χ2v) is 18.3. The second kappa shape index (κ2) is 16.5. The molecule has 1 spiro atoms. The molecule has 0 bridgehead atoms. The number of pyridine rings is 1. The molecule has 4 fully saturated rings. The first-order valence-corrected chi connectivity index (χ1v) is 22.0. The number of nitrogens with one attached hydrogen (secondary N) is 2. The number of aromatic nitrogens is 1. The number of methoxy groups -OCH3 is 2. The minimum atomic E-state index is -2.85. The molecule has 6 aliphatic heterocycles. The Morgan fingerprint density at radius 3 is 2.27 bits per heavy atom. The molecular formula is C46H56F2N8O7. The van der Waals surface area contributed by atoms with Gasteiger partial charge in [-0.3, -0.25) is 34.3 Å². The maximum Gasteiger partial charge on any atom is 0.317 e. The van der Waals surface area contributed by atoms with Crippen molar-refractivity contribution in [3.63, 3.8) is 0 Å². The Balaban J connectivity index is 0.792. The van der Waals surface area contributed by atoms with E-state index in [0.717, 1.165) is 59.4 Å². The summed E-state index contributed by atoms with van der Waals surface area (Å²) in [7, 11) is 6.58. The van der Waals surface area contributed by atoms with Crippen LogP contribution < -0.4 is 30.6 Å². The van der Waals surface area contributed by atoms with Crippen LogP contribution in [-0.4, -0.2) is 134 Å². The molecule has 1 atom stereocenters. The van der Waals surface area contributed by atoms with E-state index < -0.39 is 23.3 Å². The van der Waals surface area contributed by atoms with Gasteiger partial charge in [-0.05, 0) is 105 Å². The number of hydrogen-bond acceptors (Lipinski definition) is 10. The van der Waals surface area contributed by atoms with Crippen molar-refractivity contribution in [2.75, 3.05) is 78.5 Å². The number of likely N-dealkylation sites (tertiary alicyclic amines) is 2. The van der Waals surface area contributed by atoms with Crippen LogP contribution in [-0.2, 0) is 42.7 Å². The fourth-order valence-corrected chi connectivity index (χ4v) is 10.8. The number of carbonyl (C=O) groups excluding carboxylic acids is 4. The fourth-order valence-electron chi connectivity index (χ4n) is 10.8. The quantitative estimate of drug-likeness (QED) is 0.306. The molecule has 6 aliphatic rings. The molecule has 7 heterocycles. The molecular weight excluding hydrogens is 815 g/mol. The molecule has 17 heteroatoms. The lowest BCUT2D eigenvalue weighted by Crippen LogP contribution is -2.70. The number of hydrogen-bond donors (Lipinski definition) is 2. The molecule has 15 nitrogen and oxygen atoms in total. The summed E-state index contributed by atoms with van der Waals surface area (Å²) in [6, 6.07) is 8.50. The topological polar surface area (TPSA) is 149 Å². The van der Waals surface area contributed by atoms with Gasteiger partial charge in [0.25, 0.3) is 17.4 Å². The third-order valence-electron chi connectivity index (χ3n) is 14.6. The van der Waals surface area contributed by atoms with Gasteiger partial charge in [-0.25, -0.2) is 13.6 Å². The minimum absolute atomic E-state index is 0.124. The first kappa shape index (κ1) is 42.7. The lowest BCUT2D eigenvalue weighted by Gasteiger charge is -2.58. The highest BCUT2D eigenvalue weighted by atomic mass is 19.3. The van der Waals surface area contributed by atoms with Crippen molar-refractivity contribution in [3.05, 3.63) is 74.7 Å². The number of halogens is 2. The Bertz CT molecular complexity index is 2380. The summed E-state index contributed by atoms with van der Waals surface area (Å²) < 4.78 is 45.7. The molecule has 0 saturated carbocycles. The number of nitrogens with zero attached hydrogens (tertiary/aromatic N) is 6. The molecule has 9 rings (SSSR count). The van der Waals surface area contributed by atoms with E-state index in [1.807, 2.05) is 40.3 Å². The highest BCUT2D eigenvalue weighted by Crippen LogP contribution is 2.52. The number of rotatable bonds is 9. The summed E-state index contributed by atoms with van der Waals surface area (Å²) in [5.74, 6) is -2.24. The van der Waals surface area contributed by atoms with Crippen molar-refractivity contribution in [2.45, 2.75) is 70.1 Å². The maximum absolute atomic E-state index is 16.1. The molecule has 5 amide bonds. The highest BCUT2D eigenvalue weighted by molar-refractivity contribution is 6.05. The van der Waals surface area contributed by atoms with Crippen molar-refractivity contribution in [1.29, 1.82) is 0 Å². The Kier molecular flexibility index (Phi) is 11.2. The number of carbonyl (C=O) groups is 4. The van der Waals surface area contributed by atoms with Gasteiger partial charge >= 0.3 is 6.03 Å². The van der Waals surface area contributed by atoms with Crippen LogP contribution >= 0.6 is 0 Å². The summed E-state index contributed by atoms with van der Waals surface area (Å²) in [5.41, 5.74) is 5.06. The van der Waals surface area contributed by atoms with Crippen LogP contribution in [0.1, 0.15) is 64.7 Å². The average Bonchev–Trinajstić information content (AvgIpc) is 3.58. The van der Waals surface area contributed by atoms with Gasteiger partial charge in [0, 0.05) is 88.4 Å². The Hall–Kier alpha value is -5.55. The fraction of sp³-hybridized carbons (Fsp3) is 0.543. The number of anilines is 1. The van der Waals surface area contributed by atoms with Crippen molar-refractivity contribution in [3.8, 4) is 22.6 Å². The van der Waals surface area contributed by atoms with Gasteiger partial charge in [-0.1, -0.05) is 0 Å². The highest BCUT2D eigenvalue weighted by Gasteiger charge is 2.62. The predicted octanol–water partition coefficient (Wildman–Crippen LogP) is 3.59. The number of aryl methyl sites for hydroxylation is 1. The number of alkyl halides is 2. The molecule has 3 aromatic rings.